The Labute approximate surface area is 252 Å². The lowest BCUT2D eigenvalue weighted by molar-refractivity contribution is 0.0924. The first-order valence-corrected chi connectivity index (χ1v) is 15.3. The lowest BCUT2D eigenvalue weighted by Crippen LogP contribution is -2.46. The number of unbranched alkanes of at least 4 members (excludes halogenated alkanes) is 2. The van der Waals surface area contributed by atoms with Gasteiger partial charge in [-0.15, -0.1) is 0 Å². The number of nitrogens with zero attached hydrogens (tertiary/aromatic N) is 3. The largest absolute Gasteiger partial charge is 0.494 e. The summed E-state index contributed by atoms with van der Waals surface area (Å²) in [5.41, 5.74) is 2.85. The van der Waals surface area contributed by atoms with Crippen molar-refractivity contribution in [3.8, 4) is 22.9 Å². The van der Waals surface area contributed by atoms with Gasteiger partial charge in [-0.25, -0.2) is 4.98 Å². The number of ether oxygens (including phenoxy) is 2. The number of fused-ring (bicyclic) bond motifs is 1. The van der Waals surface area contributed by atoms with Crippen LogP contribution in [-0.4, -0.2) is 52.4 Å². The second-order valence-electron chi connectivity index (χ2n) is 11.2. The summed E-state index contributed by atoms with van der Waals surface area (Å²) in [5.74, 6) is 2.88. The minimum atomic E-state index is -0.453. The number of carbonyl (C=O) groups excluding carboxylic acids is 1. The molecule has 1 atom stereocenters. The minimum Gasteiger partial charge on any atom is -0.494 e. The average Bonchev–Trinajstić information content (AvgIpc) is 3.56. The van der Waals surface area contributed by atoms with Crippen LogP contribution in [0, 0.1) is 0 Å². The molecule has 10 nitrogen and oxygen atoms in total. The van der Waals surface area contributed by atoms with Gasteiger partial charge in [0.05, 0.1) is 24.8 Å². The van der Waals surface area contributed by atoms with E-state index in [2.05, 4.69) is 38.1 Å². The Morgan fingerprint density at radius 2 is 1.95 bits per heavy atom. The molecule has 2 aromatic heterocycles. The van der Waals surface area contributed by atoms with E-state index in [9.17, 15) is 4.79 Å². The normalized spacial score (nSPS) is 17.4. The molecule has 6 rings (SSSR count). The third-order valence-electron chi connectivity index (χ3n) is 8.19. The predicted molar refractivity (Wildman–Crippen MR) is 165 cm³/mol. The maximum absolute atomic E-state index is 13.6. The van der Waals surface area contributed by atoms with E-state index in [0.29, 0.717) is 31.0 Å². The number of pyridine rings is 1. The van der Waals surface area contributed by atoms with Crippen LogP contribution < -0.4 is 25.4 Å². The van der Waals surface area contributed by atoms with E-state index in [1.54, 1.807) is 12.4 Å². The number of amides is 1. The summed E-state index contributed by atoms with van der Waals surface area (Å²) in [4.78, 5) is 22.5. The molecule has 0 spiro atoms. The molecular formula is C33H39N7O3. The first-order valence-electron chi connectivity index (χ1n) is 15.3. The van der Waals surface area contributed by atoms with E-state index >= 15 is 0 Å². The Morgan fingerprint density at radius 3 is 2.79 bits per heavy atom. The maximum Gasteiger partial charge on any atom is 0.251 e. The fourth-order valence-electron chi connectivity index (χ4n) is 5.79. The molecule has 0 aliphatic carbocycles. The van der Waals surface area contributed by atoms with E-state index in [1.165, 1.54) is 0 Å². The average molecular weight is 582 g/mol. The topological polar surface area (TPSA) is 126 Å². The van der Waals surface area contributed by atoms with Gasteiger partial charge in [0.1, 0.15) is 11.5 Å². The van der Waals surface area contributed by atoms with Crippen molar-refractivity contribution in [1.29, 1.82) is 0 Å². The van der Waals surface area contributed by atoms with Crippen LogP contribution in [0.1, 0.15) is 73.2 Å². The predicted octanol–water partition coefficient (Wildman–Crippen LogP) is 5.38. The Hall–Kier alpha value is -4.44. The number of anilines is 1. The van der Waals surface area contributed by atoms with Crippen molar-refractivity contribution in [3.63, 3.8) is 0 Å². The molecule has 1 saturated heterocycles. The molecule has 4 aromatic rings. The molecule has 0 radical (unpaired) electrons. The number of carbonyl (C=O) groups is 1. The van der Waals surface area contributed by atoms with E-state index < -0.39 is 5.54 Å². The lowest BCUT2D eigenvalue weighted by atomic mass is 9.87. The van der Waals surface area contributed by atoms with Gasteiger partial charge in [-0.1, -0.05) is 25.8 Å². The molecule has 1 amide bonds. The smallest absolute Gasteiger partial charge is 0.251 e. The van der Waals surface area contributed by atoms with Crippen LogP contribution >= 0.6 is 0 Å². The third-order valence-corrected chi connectivity index (χ3v) is 8.19. The van der Waals surface area contributed by atoms with Crippen LogP contribution in [-0.2, 0) is 5.54 Å². The van der Waals surface area contributed by atoms with E-state index in [-0.39, 0.29) is 11.9 Å². The highest BCUT2D eigenvalue weighted by atomic mass is 16.5. The van der Waals surface area contributed by atoms with E-state index in [1.807, 2.05) is 54.6 Å². The fourth-order valence-corrected chi connectivity index (χ4v) is 5.79. The van der Waals surface area contributed by atoms with Gasteiger partial charge >= 0.3 is 0 Å². The lowest BCUT2D eigenvalue weighted by Gasteiger charge is -2.37. The van der Waals surface area contributed by atoms with Crippen LogP contribution in [0.5, 0.6) is 11.5 Å². The van der Waals surface area contributed by atoms with Crippen molar-refractivity contribution in [2.75, 3.05) is 31.6 Å². The molecule has 4 N–H and O–H groups in total. The molecule has 2 aliphatic rings. The summed E-state index contributed by atoms with van der Waals surface area (Å²) >= 11 is 0. The van der Waals surface area contributed by atoms with Crippen molar-refractivity contribution in [2.45, 2.75) is 57.0 Å². The summed E-state index contributed by atoms with van der Waals surface area (Å²) in [7, 11) is 0. The van der Waals surface area contributed by atoms with Crippen molar-refractivity contribution in [2.24, 2.45) is 0 Å². The number of H-pyrrole nitrogens is 1. The highest BCUT2D eigenvalue weighted by Gasteiger charge is 2.37. The first kappa shape index (κ1) is 28.7. The van der Waals surface area contributed by atoms with Gasteiger partial charge in [0, 0.05) is 41.2 Å². The number of rotatable bonds is 11. The van der Waals surface area contributed by atoms with Gasteiger partial charge in [0.25, 0.3) is 5.91 Å². The van der Waals surface area contributed by atoms with Crippen LogP contribution in [0.15, 0.2) is 67.0 Å². The zero-order valence-corrected chi connectivity index (χ0v) is 24.6. The van der Waals surface area contributed by atoms with Crippen molar-refractivity contribution >= 4 is 11.6 Å². The summed E-state index contributed by atoms with van der Waals surface area (Å²) < 4.78 is 11.9. The fraction of sp³-hybridized carbons (Fsp3) is 0.394. The van der Waals surface area contributed by atoms with Crippen molar-refractivity contribution < 1.29 is 14.3 Å². The third kappa shape index (κ3) is 6.64. The number of aromatic nitrogens is 4. The highest BCUT2D eigenvalue weighted by molar-refractivity contribution is 5.95. The number of benzene rings is 2. The second kappa shape index (κ2) is 13.2. The molecule has 0 bridgehead atoms. The highest BCUT2D eigenvalue weighted by Crippen LogP contribution is 2.36. The zero-order valence-electron chi connectivity index (χ0n) is 24.6. The Kier molecular flexibility index (Phi) is 8.83. The van der Waals surface area contributed by atoms with E-state index in [4.69, 9.17) is 14.5 Å². The summed E-state index contributed by atoms with van der Waals surface area (Å²) in [6.07, 6.45) is 9.11. The Bertz CT molecular complexity index is 1520. The molecule has 43 heavy (non-hydrogen) atoms. The molecule has 2 aromatic carbocycles. The van der Waals surface area contributed by atoms with Crippen LogP contribution in [0.4, 0.5) is 5.69 Å². The van der Waals surface area contributed by atoms with Gasteiger partial charge < -0.3 is 25.4 Å². The van der Waals surface area contributed by atoms with Crippen LogP contribution in [0.3, 0.4) is 0 Å². The first-order chi connectivity index (χ1) is 21.1. The SMILES string of the molecule is CCCCCOc1ccc2c(c1)[C@H](NC(=O)c1cccc(NC3(c4nc(-c5ccncc5)n[nH]4)CCNCC3)c1)CCO2. The standard InChI is InChI=1S/C33H39N7O3/c1-2-3-4-19-42-26-8-9-29-27(22-26)28(12-20-43-29)36-31(41)24-6-5-7-25(21-24)38-33(13-17-35-18-14-33)32-37-30(39-40-32)23-10-15-34-16-11-23/h5-11,15-16,21-22,28,35,38H,2-4,12-14,17-20H2,1H3,(H,36,41)(H,37,39,40)/t28-/m1/s1. The Morgan fingerprint density at radius 1 is 1.09 bits per heavy atom. The van der Waals surface area contributed by atoms with Gasteiger partial charge in [-0.3, -0.25) is 14.9 Å². The molecule has 2 aliphatic heterocycles. The second-order valence-corrected chi connectivity index (χ2v) is 11.2. The van der Waals surface area contributed by atoms with Gasteiger partial charge in [-0.2, -0.15) is 5.10 Å². The minimum absolute atomic E-state index is 0.130. The van der Waals surface area contributed by atoms with Gasteiger partial charge in [-0.05, 0) is 80.9 Å². The number of piperidine rings is 1. The molecule has 224 valence electrons. The van der Waals surface area contributed by atoms with Gasteiger partial charge in [0.15, 0.2) is 11.6 Å². The summed E-state index contributed by atoms with van der Waals surface area (Å²) in [5, 5.41) is 18.1. The quantitative estimate of drug-likeness (QED) is 0.174. The van der Waals surface area contributed by atoms with Crippen LogP contribution in [0.25, 0.3) is 11.4 Å². The maximum atomic E-state index is 13.6. The van der Waals surface area contributed by atoms with Crippen molar-refractivity contribution in [1.82, 2.24) is 30.8 Å². The molecule has 0 saturated carbocycles. The number of hydrogen-bond acceptors (Lipinski definition) is 8. The molecule has 0 unspecified atom stereocenters. The van der Waals surface area contributed by atoms with Crippen molar-refractivity contribution in [3.05, 3.63) is 83.9 Å². The molecule has 4 heterocycles. The molecule has 1 fully saturated rings. The molecule has 10 heteroatoms. The summed E-state index contributed by atoms with van der Waals surface area (Å²) in [6.45, 7) is 5.08. The zero-order chi connectivity index (χ0) is 29.5. The number of aromatic amines is 1. The van der Waals surface area contributed by atoms with Gasteiger partial charge in [0.2, 0.25) is 0 Å². The summed E-state index contributed by atoms with van der Waals surface area (Å²) in [6, 6.07) is 17.2. The van der Waals surface area contributed by atoms with E-state index in [0.717, 1.165) is 79.3 Å². The van der Waals surface area contributed by atoms with Crippen LogP contribution in [0.2, 0.25) is 0 Å². The number of nitrogens with one attached hydrogen (secondary N) is 4. The Balaban J connectivity index is 1.18. The monoisotopic (exact) mass is 581 g/mol. The molecular weight excluding hydrogens is 542 g/mol. The number of hydrogen-bond donors (Lipinski definition) is 4.